The van der Waals surface area contributed by atoms with Gasteiger partial charge in [0.1, 0.15) is 0 Å². The molecule has 0 aromatic heterocycles. The van der Waals surface area contributed by atoms with Crippen molar-refractivity contribution in [2.75, 3.05) is 32.7 Å². The first-order chi connectivity index (χ1) is 30.3. The van der Waals surface area contributed by atoms with Crippen molar-refractivity contribution in [2.24, 2.45) is 11.8 Å². The molecule has 0 radical (unpaired) electrons. The predicted molar refractivity (Wildman–Crippen MR) is 243 cm³/mol. The van der Waals surface area contributed by atoms with E-state index >= 15 is 0 Å². The van der Waals surface area contributed by atoms with E-state index < -0.39 is 11.8 Å². The van der Waals surface area contributed by atoms with Gasteiger partial charge in [-0.3, -0.25) is 19.2 Å². The van der Waals surface area contributed by atoms with Crippen molar-refractivity contribution in [2.45, 2.75) is 133 Å². The quantitative estimate of drug-likeness (QED) is 0.0807. The zero-order valence-corrected chi connectivity index (χ0v) is 36.7. The SMILES string of the molecule is CCCCCCCCCCCCCNC(=O)N[C@@H]1CCCN(C(=O)c2ccc(C(=O)N3CC(C(=O)N[C@H]4C[C@@H]4c4ccccc4)C(C(=O)N[C@H]4C[C@@H]4c4ccccc4)C3)cc2)C1. The second kappa shape index (κ2) is 22.2. The topological polar surface area (TPSA) is 140 Å². The van der Waals surface area contributed by atoms with Crippen molar-refractivity contribution in [3.05, 3.63) is 107 Å². The Kier molecular flexibility index (Phi) is 16.1. The zero-order valence-electron chi connectivity index (χ0n) is 36.7. The van der Waals surface area contributed by atoms with Crippen molar-refractivity contribution < 1.29 is 24.0 Å². The van der Waals surface area contributed by atoms with E-state index in [4.69, 9.17) is 0 Å². The lowest BCUT2D eigenvalue weighted by molar-refractivity contribution is -0.133. The minimum absolute atomic E-state index is 0.00141. The molecule has 2 aliphatic carbocycles. The molecule has 7 atom stereocenters. The van der Waals surface area contributed by atoms with Crippen molar-refractivity contribution in [1.29, 1.82) is 0 Å². The number of benzene rings is 3. The fourth-order valence-electron chi connectivity index (χ4n) is 9.55. The first-order valence-electron chi connectivity index (χ1n) is 23.7. The van der Waals surface area contributed by atoms with Crippen LogP contribution in [0.1, 0.15) is 147 Å². The summed E-state index contributed by atoms with van der Waals surface area (Å²) in [4.78, 5) is 71.4. The first-order valence-corrected chi connectivity index (χ1v) is 23.7. The Balaban J connectivity index is 0.873. The summed E-state index contributed by atoms with van der Waals surface area (Å²) in [6.07, 6.45) is 17.2. The molecule has 62 heavy (non-hydrogen) atoms. The standard InChI is InChI=1S/C51H68N6O5/c1-2-3-4-5-6-7-8-9-10-11-18-29-52-51(62)53-40-24-19-30-56(33-40)49(60)38-25-27-39(28-26-38)50(61)57-34-43(47(58)54-45-31-41(45)36-20-14-12-15-21-36)44(35-57)48(59)55-46-32-42(46)37-22-16-13-17-23-37/h12-17,20-23,25-28,40-46H,2-11,18-19,24,29-35H2,1H3,(H,54,58)(H,55,59)(H2,52,53,62)/t40-,41-,42-,43?,44?,45+,46+/m1/s1. The molecule has 3 aromatic carbocycles. The van der Waals surface area contributed by atoms with Gasteiger partial charge in [0, 0.05) is 73.8 Å². The van der Waals surface area contributed by atoms with Gasteiger partial charge >= 0.3 is 6.03 Å². The van der Waals surface area contributed by atoms with Crippen LogP contribution in [0.2, 0.25) is 0 Å². The molecule has 4 N–H and O–H groups in total. The van der Waals surface area contributed by atoms with Crippen molar-refractivity contribution in [3.63, 3.8) is 0 Å². The van der Waals surface area contributed by atoms with Gasteiger partial charge in [0.2, 0.25) is 11.8 Å². The number of unbranched alkanes of at least 4 members (excludes halogenated alkanes) is 10. The summed E-state index contributed by atoms with van der Waals surface area (Å²) in [5.74, 6) is -1.70. The summed E-state index contributed by atoms with van der Waals surface area (Å²) in [5, 5.41) is 12.5. The van der Waals surface area contributed by atoms with E-state index in [2.05, 4.69) is 52.5 Å². The molecule has 0 spiro atoms. The molecule has 2 saturated heterocycles. The maximum atomic E-state index is 14.0. The van der Waals surface area contributed by atoms with Gasteiger partial charge in [-0.15, -0.1) is 0 Å². The van der Waals surface area contributed by atoms with Crippen LogP contribution in [-0.2, 0) is 9.59 Å². The molecule has 11 heteroatoms. The van der Waals surface area contributed by atoms with Crippen LogP contribution in [0.5, 0.6) is 0 Å². The van der Waals surface area contributed by atoms with Gasteiger partial charge in [0.25, 0.3) is 11.8 Å². The molecule has 7 rings (SSSR count). The molecule has 2 heterocycles. The fraction of sp³-hybridized carbons (Fsp3) is 0.549. The van der Waals surface area contributed by atoms with E-state index in [-0.39, 0.29) is 72.7 Å². The number of amides is 6. The van der Waals surface area contributed by atoms with E-state index in [0.29, 0.717) is 30.8 Å². The van der Waals surface area contributed by atoms with Crippen LogP contribution < -0.4 is 21.3 Å². The highest BCUT2D eigenvalue weighted by molar-refractivity contribution is 5.99. The van der Waals surface area contributed by atoms with Crippen LogP contribution in [0.3, 0.4) is 0 Å². The van der Waals surface area contributed by atoms with Gasteiger partial charge in [-0.25, -0.2) is 4.79 Å². The third-order valence-electron chi connectivity index (χ3n) is 13.5. The predicted octanol–water partition coefficient (Wildman–Crippen LogP) is 7.93. The molecule has 2 aliphatic heterocycles. The second-order valence-electron chi connectivity index (χ2n) is 18.3. The van der Waals surface area contributed by atoms with E-state index in [1.165, 1.54) is 68.9 Å². The van der Waals surface area contributed by atoms with Gasteiger partial charge < -0.3 is 31.1 Å². The number of hydrogen-bond donors (Lipinski definition) is 4. The zero-order chi connectivity index (χ0) is 43.3. The Hall–Kier alpha value is -5.19. The van der Waals surface area contributed by atoms with E-state index in [1.807, 2.05) is 36.4 Å². The lowest BCUT2D eigenvalue weighted by atomic mass is 9.94. The molecule has 2 unspecified atom stereocenters. The maximum Gasteiger partial charge on any atom is 0.315 e. The van der Waals surface area contributed by atoms with Crippen LogP contribution in [0, 0.1) is 11.8 Å². The van der Waals surface area contributed by atoms with E-state index in [9.17, 15) is 24.0 Å². The van der Waals surface area contributed by atoms with Gasteiger partial charge in [-0.2, -0.15) is 0 Å². The van der Waals surface area contributed by atoms with Crippen LogP contribution in [0.4, 0.5) is 4.79 Å². The Morgan fingerprint density at radius 1 is 0.548 bits per heavy atom. The number of carbonyl (C=O) groups is 5. The highest BCUT2D eigenvalue weighted by atomic mass is 16.2. The lowest BCUT2D eigenvalue weighted by Crippen LogP contribution is -2.52. The average Bonchev–Trinajstić information content (AvgIpc) is 4.21. The van der Waals surface area contributed by atoms with Gasteiger partial charge in [0.05, 0.1) is 11.8 Å². The Bertz CT molecular complexity index is 1870. The molecule has 3 aromatic rings. The van der Waals surface area contributed by atoms with Gasteiger partial charge in [-0.05, 0) is 67.5 Å². The summed E-state index contributed by atoms with van der Waals surface area (Å²) < 4.78 is 0. The molecule has 4 aliphatic rings. The van der Waals surface area contributed by atoms with Crippen molar-refractivity contribution in [3.8, 4) is 0 Å². The third kappa shape index (κ3) is 12.5. The van der Waals surface area contributed by atoms with Gasteiger partial charge in [0.15, 0.2) is 0 Å². The number of rotatable bonds is 21. The first kappa shape index (κ1) is 44.9. The van der Waals surface area contributed by atoms with Crippen molar-refractivity contribution >= 4 is 29.7 Å². The summed E-state index contributed by atoms with van der Waals surface area (Å²) >= 11 is 0. The molecular weight excluding hydrogens is 777 g/mol. The Labute approximate surface area is 368 Å². The average molecular weight is 845 g/mol. The monoisotopic (exact) mass is 845 g/mol. The maximum absolute atomic E-state index is 14.0. The lowest BCUT2D eigenvalue weighted by Gasteiger charge is -2.33. The number of urea groups is 1. The number of piperidine rings is 1. The minimum atomic E-state index is -0.682. The number of nitrogens with one attached hydrogen (secondary N) is 4. The third-order valence-corrected chi connectivity index (χ3v) is 13.5. The normalized spacial score (nSPS) is 23.9. The molecule has 11 nitrogen and oxygen atoms in total. The Morgan fingerprint density at radius 2 is 1.02 bits per heavy atom. The smallest absolute Gasteiger partial charge is 0.315 e. The molecule has 4 fully saturated rings. The summed E-state index contributed by atoms with van der Waals surface area (Å²) in [6.45, 7) is 4.18. The minimum Gasteiger partial charge on any atom is -0.352 e. The van der Waals surface area contributed by atoms with Crippen LogP contribution in [0.15, 0.2) is 84.9 Å². The molecular formula is C51H68N6O5. The van der Waals surface area contributed by atoms with Crippen LogP contribution >= 0.6 is 0 Å². The van der Waals surface area contributed by atoms with E-state index in [1.54, 1.807) is 34.1 Å². The molecule has 0 bridgehead atoms. The highest BCUT2D eigenvalue weighted by Gasteiger charge is 2.49. The van der Waals surface area contributed by atoms with Crippen molar-refractivity contribution in [1.82, 2.24) is 31.1 Å². The van der Waals surface area contributed by atoms with Crippen LogP contribution in [0.25, 0.3) is 0 Å². The number of nitrogens with zero attached hydrogens (tertiary/aromatic N) is 2. The summed E-state index contributed by atoms with van der Waals surface area (Å²) in [6, 6.07) is 26.6. The molecule has 2 saturated carbocycles. The second-order valence-corrected chi connectivity index (χ2v) is 18.3. The summed E-state index contributed by atoms with van der Waals surface area (Å²) in [7, 11) is 0. The number of likely N-dealkylation sites (tertiary alicyclic amines) is 2. The molecule has 6 amide bonds. The number of hydrogen-bond acceptors (Lipinski definition) is 5. The Morgan fingerprint density at radius 3 is 1.52 bits per heavy atom. The molecule has 332 valence electrons. The highest BCUT2D eigenvalue weighted by Crippen LogP contribution is 2.42. The largest absolute Gasteiger partial charge is 0.352 e. The number of carbonyl (C=O) groups excluding carboxylic acids is 5. The van der Waals surface area contributed by atoms with Gasteiger partial charge in [-0.1, -0.05) is 132 Å². The van der Waals surface area contributed by atoms with Crippen LogP contribution in [-0.4, -0.2) is 90.3 Å². The fourth-order valence-corrected chi connectivity index (χ4v) is 9.55. The van der Waals surface area contributed by atoms with E-state index in [0.717, 1.165) is 38.5 Å². The summed E-state index contributed by atoms with van der Waals surface area (Å²) in [5.41, 5.74) is 3.23.